The van der Waals surface area contributed by atoms with Crippen LogP contribution in [0, 0.1) is 10.1 Å². The number of benzene rings is 1. The highest BCUT2D eigenvalue weighted by molar-refractivity contribution is 8.00. The molecule has 0 atom stereocenters. The molecule has 0 saturated carbocycles. The maximum absolute atomic E-state index is 11.3. The third-order valence-electron chi connectivity index (χ3n) is 1.98. The Morgan fingerprint density at radius 1 is 1.38 bits per heavy atom. The quantitative estimate of drug-likeness (QED) is 0.435. The van der Waals surface area contributed by atoms with Crippen molar-refractivity contribution < 1.29 is 9.72 Å². The number of hydrogen-bond donors (Lipinski definition) is 0. The third-order valence-corrected chi connectivity index (χ3v) is 3.05. The molecule has 4 nitrogen and oxygen atoms in total. The molecule has 0 heterocycles. The van der Waals surface area contributed by atoms with Crippen molar-refractivity contribution in [1.82, 2.24) is 0 Å². The molecular weight excluding hydrogens is 226 g/mol. The molecule has 1 aromatic carbocycles. The normalized spacial score (nSPS) is 10.1. The van der Waals surface area contributed by atoms with Gasteiger partial charge in [0, 0.05) is 23.4 Å². The van der Waals surface area contributed by atoms with Gasteiger partial charge in [0.2, 0.25) is 0 Å². The summed E-state index contributed by atoms with van der Waals surface area (Å²) in [7, 11) is 0. The highest BCUT2D eigenvalue weighted by atomic mass is 32.2. The SMILES string of the molecule is CCCC(=O)CSc1ccc([N+](=O)[O-])cc1. The van der Waals surface area contributed by atoms with E-state index in [0.717, 1.165) is 11.3 Å². The van der Waals surface area contributed by atoms with Crippen LogP contribution in [0.15, 0.2) is 29.2 Å². The molecule has 0 amide bonds. The second kappa shape index (κ2) is 6.27. The van der Waals surface area contributed by atoms with Gasteiger partial charge in [0.05, 0.1) is 10.7 Å². The number of nitro groups is 1. The summed E-state index contributed by atoms with van der Waals surface area (Å²) in [5.41, 5.74) is 0.0734. The second-order valence-electron chi connectivity index (χ2n) is 3.33. The number of Topliss-reactive ketones (excluding diaryl/α,β-unsaturated/α-hetero) is 1. The standard InChI is InChI=1S/C11H13NO3S/c1-2-3-10(13)8-16-11-6-4-9(5-7-11)12(14)15/h4-7H,2-3,8H2,1H3. The van der Waals surface area contributed by atoms with Crippen molar-refractivity contribution in [1.29, 1.82) is 0 Å². The highest BCUT2D eigenvalue weighted by Gasteiger charge is 2.05. The first-order chi connectivity index (χ1) is 7.63. The Labute approximate surface area is 98.2 Å². The van der Waals surface area contributed by atoms with Crippen LogP contribution in [-0.2, 0) is 4.79 Å². The molecule has 0 unspecified atom stereocenters. The van der Waals surface area contributed by atoms with E-state index in [9.17, 15) is 14.9 Å². The third kappa shape index (κ3) is 4.02. The fraction of sp³-hybridized carbons (Fsp3) is 0.364. The van der Waals surface area contributed by atoms with Gasteiger partial charge in [-0.05, 0) is 18.6 Å². The average molecular weight is 239 g/mol. The number of carbonyl (C=O) groups excluding carboxylic acids is 1. The molecule has 0 aromatic heterocycles. The largest absolute Gasteiger partial charge is 0.299 e. The molecule has 0 bridgehead atoms. The average Bonchev–Trinajstić information content (AvgIpc) is 2.27. The Kier molecular flexibility index (Phi) is 4.98. The van der Waals surface area contributed by atoms with E-state index in [1.54, 1.807) is 12.1 Å². The van der Waals surface area contributed by atoms with Crippen LogP contribution in [0.1, 0.15) is 19.8 Å². The summed E-state index contributed by atoms with van der Waals surface area (Å²) in [6, 6.07) is 6.24. The van der Waals surface area contributed by atoms with Crippen LogP contribution in [-0.4, -0.2) is 16.5 Å². The van der Waals surface area contributed by atoms with E-state index < -0.39 is 4.92 Å². The number of carbonyl (C=O) groups is 1. The van der Waals surface area contributed by atoms with Gasteiger partial charge in [-0.2, -0.15) is 0 Å². The predicted molar refractivity (Wildman–Crippen MR) is 63.7 cm³/mol. The molecule has 1 rings (SSSR count). The number of hydrogen-bond acceptors (Lipinski definition) is 4. The zero-order chi connectivity index (χ0) is 12.0. The van der Waals surface area contributed by atoms with Crippen molar-refractivity contribution in [2.24, 2.45) is 0 Å². The van der Waals surface area contributed by atoms with Gasteiger partial charge < -0.3 is 0 Å². The molecule has 16 heavy (non-hydrogen) atoms. The monoisotopic (exact) mass is 239 g/mol. The first-order valence-corrected chi connectivity index (χ1v) is 6.01. The predicted octanol–water partition coefficient (Wildman–Crippen LogP) is 3.06. The van der Waals surface area contributed by atoms with Crippen LogP contribution < -0.4 is 0 Å². The van der Waals surface area contributed by atoms with E-state index in [-0.39, 0.29) is 11.5 Å². The Morgan fingerprint density at radius 2 is 2.00 bits per heavy atom. The van der Waals surface area contributed by atoms with E-state index in [2.05, 4.69) is 0 Å². The lowest BCUT2D eigenvalue weighted by Crippen LogP contribution is -1.99. The van der Waals surface area contributed by atoms with E-state index >= 15 is 0 Å². The van der Waals surface area contributed by atoms with Crippen molar-refractivity contribution in [3.8, 4) is 0 Å². The molecule has 0 fully saturated rings. The van der Waals surface area contributed by atoms with Gasteiger partial charge in [-0.15, -0.1) is 11.8 Å². The molecular formula is C11H13NO3S. The smallest absolute Gasteiger partial charge is 0.269 e. The van der Waals surface area contributed by atoms with Crippen LogP contribution in [0.4, 0.5) is 5.69 Å². The fourth-order valence-electron chi connectivity index (χ4n) is 1.18. The minimum atomic E-state index is -0.434. The molecule has 1 aromatic rings. The molecule has 0 aliphatic heterocycles. The van der Waals surface area contributed by atoms with Crippen LogP contribution in [0.5, 0.6) is 0 Å². The number of rotatable bonds is 6. The molecule has 0 aliphatic rings. The Hall–Kier alpha value is -1.36. The Bertz CT molecular complexity index is 375. The molecule has 0 N–H and O–H groups in total. The number of thioether (sulfide) groups is 1. The lowest BCUT2D eigenvalue weighted by Gasteiger charge is -2.00. The summed E-state index contributed by atoms with van der Waals surface area (Å²) in [6.07, 6.45) is 1.46. The van der Waals surface area contributed by atoms with Crippen LogP contribution in [0.25, 0.3) is 0 Å². The zero-order valence-electron chi connectivity index (χ0n) is 9.01. The van der Waals surface area contributed by atoms with Crippen molar-refractivity contribution in [2.75, 3.05) is 5.75 Å². The van der Waals surface area contributed by atoms with Crippen LogP contribution in [0.2, 0.25) is 0 Å². The summed E-state index contributed by atoms with van der Waals surface area (Å²) in [5, 5.41) is 10.4. The summed E-state index contributed by atoms with van der Waals surface area (Å²) < 4.78 is 0. The van der Waals surface area contributed by atoms with Crippen molar-refractivity contribution >= 4 is 23.2 Å². The van der Waals surface area contributed by atoms with Crippen LogP contribution in [0.3, 0.4) is 0 Å². The molecule has 0 aliphatic carbocycles. The zero-order valence-corrected chi connectivity index (χ0v) is 9.83. The second-order valence-corrected chi connectivity index (χ2v) is 4.38. The fourth-order valence-corrected chi connectivity index (χ4v) is 1.98. The topological polar surface area (TPSA) is 60.2 Å². The van der Waals surface area contributed by atoms with E-state index in [0.29, 0.717) is 12.2 Å². The first-order valence-electron chi connectivity index (χ1n) is 5.02. The van der Waals surface area contributed by atoms with Gasteiger partial charge in [0.1, 0.15) is 5.78 Å². The van der Waals surface area contributed by atoms with Gasteiger partial charge in [-0.25, -0.2) is 0 Å². The number of non-ortho nitro benzene ring substituents is 1. The minimum absolute atomic E-state index is 0.0734. The minimum Gasteiger partial charge on any atom is -0.299 e. The van der Waals surface area contributed by atoms with E-state index in [4.69, 9.17) is 0 Å². The van der Waals surface area contributed by atoms with Gasteiger partial charge in [0.25, 0.3) is 5.69 Å². The van der Waals surface area contributed by atoms with Gasteiger partial charge >= 0.3 is 0 Å². The molecule has 0 spiro atoms. The van der Waals surface area contributed by atoms with Crippen molar-refractivity contribution in [3.63, 3.8) is 0 Å². The number of nitrogens with zero attached hydrogens (tertiary/aromatic N) is 1. The van der Waals surface area contributed by atoms with Gasteiger partial charge in [0.15, 0.2) is 0 Å². The highest BCUT2D eigenvalue weighted by Crippen LogP contribution is 2.21. The van der Waals surface area contributed by atoms with Crippen molar-refractivity contribution in [2.45, 2.75) is 24.7 Å². The Balaban J connectivity index is 2.49. The Morgan fingerprint density at radius 3 is 2.50 bits per heavy atom. The van der Waals surface area contributed by atoms with Gasteiger partial charge in [-0.3, -0.25) is 14.9 Å². The molecule has 5 heteroatoms. The van der Waals surface area contributed by atoms with E-state index in [1.165, 1.54) is 23.9 Å². The lowest BCUT2D eigenvalue weighted by atomic mass is 10.3. The van der Waals surface area contributed by atoms with Gasteiger partial charge in [-0.1, -0.05) is 6.92 Å². The number of ketones is 1. The summed E-state index contributed by atoms with van der Waals surface area (Å²) in [6.45, 7) is 1.97. The first kappa shape index (κ1) is 12.7. The van der Waals surface area contributed by atoms with Crippen LogP contribution >= 0.6 is 11.8 Å². The lowest BCUT2D eigenvalue weighted by molar-refractivity contribution is -0.384. The van der Waals surface area contributed by atoms with Crippen molar-refractivity contribution in [3.05, 3.63) is 34.4 Å². The number of nitro benzene ring substituents is 1. The summed E-state index contributed by atoms with van der Waals surface area (Å²) >= 11 is 1.42. The maximum atomic E-state index is 11.3. The summed E-state index contributed by atoms with van der Waals surface area (Å²) in [5.74, 6) is 0.650. The summed E-state index contributed by atoms with van der Waals surface area (Å²) in [4.78, 5) is 22.1. The molecule has 86 valence electrons. The molecule has 0 saturated heterocycles. The maximum Gasteiger partial charge on any atom is 0.269 e. The molecule has 0 radical (unpaired) electrons. The van der Waals surface area contributed by atoms with E-state index in [1.807, 2.05) is 6.92 Å².